The van der Waals surface area contributed by atoms with Gasteiger partial charge in [0.25, 0.3) is 0 Å². The van der Waals surface area contributed by atoms with E-state index in [9.17, 15) is 4.79 Å². The Kier molecular flexibility index (Phi) is 3.96. The molecule has 1 unspecified atom stereocenters. The molecule has 1 amide bonds. The highest BCUT2D eigenvalue weighted by Gasteiger charge is 2.21. The summed E-state index contributed by atoms with van der Waals surface area (Å²) in [6.07, 6.45) is 2.96. The van der Waals surface area contributed by atoms with Crippen LogP contribution in [0.2, 0.25) is 0 Å². The van der Waals surface area contributed by atoms with Gasteiger partial charge < -0.3 is 14.4 Å². The molecule has 118 valence electrons. The summed E-state index contributed by atoms with van der Waals surface area (Å²) in [6, 6.07) is 0.175. The van der Waals surface area contributed by atoms with Crippen LogP contribution in [0.15, 0.2) is 4.52 Å². The van der Waals surface area contributed by atoms with Crippen LogP contribution in [0.1, 0.15) is 41.5 Å². The first-order valence-corrected chi connectivity index (χ1v) is 7.64. The van der Waals surface area contributed by atoms with E-state index >= 15 is 0 Å². The minimum atomic E-state index is 0.0220. The molecule has 0 bridgehead atoms. The van der Waals surface area contributed by atoms with Crippen molar-refractivity contribution in [1.82, 2.24) is 25.2 Å². The number of fused-ring (bicyclic) bond motifs is 1. The van der Waals surface area contributed by atoms with Crippen LogP contribution >= 0.6 is 0 Å². The molecule has 0 saturated carbocycles. The predicted octanol–water partition coefficient (Wildman–Crippen LogP) is 1.26. The van der Waals surface area contributed by atoms with E-state index < -0.39 is 0 Å². The van der Waals surface area contributed by atoms with Gasteiger partial charge in [0.1, 0.15) is 17.4 Å². The van der Waals surface area contributed by atoms with E-state index in [1.165, 1.54) is 0 Å². The van der Waals surface area contributed by atoms with Gasteiger partial charge in [-0.2, -0.15) is 0 Å². The van der Waals surface area contributed by atoms with Gasteiger partial charge in [-0.3, -0.25) is 4.79 Å². The van der Waals surface area contributed by atoms with Crippen LogP contribution < -0.4 is 5.32 Å². The fourth-order valence-corrected chi connectivity index (χ4v) is 2.97. The molecule has 22 heavy (non-hydrogen) atoms. The second-order valence-corrected chi connectivity index (χ2v) is 5.89. The Morgan fingerprint density at radius 2 is 2.14 bits per heavy atom. The third kappa shape index (κ3) is 2.88. The number of hydrogen-bond donors (Lipinski definition) is 1. The molecule has 0 spiro atoms. The molecule has 2 aromatic rings. The molecule has 2 aromatic heterocycles. The Morgan fingerprint density at radius 1 is 1.32 bits per heavy atom. The quantitative estimate of drug-likeness (QED) is 0.922. The minimum absolute atomic E-state index is 0.0220. The standard InChI is InChI=1S/C15H21N5O2/c1-9-13(10(2)22-19-9)8-15(21)16-12-4-5-14-18-17-11(3)20(14)7-6-12/h12H,4-8H2,1-3H3,(H,16,21). The predicted molar refractivity (Wildman–Crippen MR) is 79.3 cm³/mol. The fourth-order valence-electron chi connectivity index (χ4n) is 2.97. The lowest BCUT2D eigenvalue weighted by molar-refractivity contribution is -0.121. The van der Waals surface area contributed by atoms with Gasteiger partial charge in [-0.15, -0.1) is 10.2 Å². The van der Waals surface area contributed by atoms with Crippen LogP contribution in [0.25, 0.3) is 0 Å². The first kappa shape index (κ1) is 14.7. The third-order valence-electron chi connectivity index (χ3n) is 4.31. The Balaban J connectivity index is 1.59. The molecule has 1 N–H and O–H groups in total. The van der Waals surface area contributed by atoms with E-state index in [-0.39, 0.29) is 11.9 Å². The Labute approximate surface area is 129 Å². The van der Waals surface area contributed by atoms with Crippen molar-refractivity contribution in [3.63, 3.8) is 0 Å². The molecular weight excluding hydrogens is 282 g/mol. The number of hydrogen-bond acceptors (Lipinski definition) is 5. The van der Waals surface area contributed by atoms with E-state index in [2.05, 4.69) is 25.2 Å². The van der Waals surface area contributed by atoms with E-state index in [1.807, 2.05) is 20.8 Å². The summed E-state index contributed by atoms with van der Waals surface area (Å²) in [5.41, 5.74) is 1.68. The van der Waals surface area contributed by atoms with Crippen LogP contribution in [0.4, 0.5) is 0 Å². The molecule has 7 nitrogen and oxygen atoms in total. The van der Waals surface area contributed by atoms with Crippen molar-refractivity contribution in [3.05, 3.63) is 28.7 Å². The molecule has 1 aliphatic heterocycles. The second kappa shape index (κ2) is 5.90. The lowest BCUT2D eigenvalue weighted by Gasteiger charge is -2.16. The number of carbonyl (C=O) groups is 1. The van der Waals surface area contributed by atoms with Crippen molar-refractivity contribution < 1.29 is 9.32 Å². The molecule has 7 heteroatoms. The third-order valence-corrected chi connectivity index (χ3v) is 4.31. The number of nitrogens with one attached hydrogen (secondary N) is 1. The minimum Gasteiger partial charge on any atom is -0.361 e. The molecule has 0 aliphatic carbocycles. The molecule has 0 radical (unpaired) electrons. The zero-order chi connectivity index (χ0) is 15.7. The number of amides is 1. The zero-order valence-corrected chi connectivity index (χ0v) is 13.2. The van der Waals surface area contributed by atoms with Crippen molar-refractivity contribution in [2.75, 3.05) is 0 Å². The number of aryl methyl sites for hydroxylation is 4. The van der Waals surface area contributed by atoms with Gasteiger partial charge in [0.15, 0.2) is 0 Å². The van der Waals surface area contributed by atoms with E-state index in [0.29, 0.717) is 6.42 Å². The number of rotatable bonds is 3. The summed E-state index contributed by atoms with van der Waals surface area (Å²) in [4.78, 5) is 12.3. The highest BCUT2D eigenvalue weighted by molar-refractivity contribution is 5.79. The number of nitrogens with zero attached hydrogens (tertiary/aromatic N) is 4. The average molecular weight is 303 g/mol. The van der Waals surface area contributed by atoms with Crippen molar-refractivity contribution >= 4 is 5.91 Å². The van der Waals surface area contributed by atoms with Gasteiger partial charge in [-0.05, 0) is 33.6 Å². The smallest absolute Gasteiger partial charge is 0.224 e. The fraction of sp³-hybridized carbons (Fsp3) is 0.600. The molecule has 1 aliphatic rings. The highest BCUT2D eigenvalue weighted by Crippen LogP contribution is 2.16. The molecule has 0 aromatic carbocycles. The molecule has 0 fully saturated rings. The van der Waals surface area contributed by atoms with Crippen LogP contribution in [0, 0.1) is 20.8 Å². The van der Waals surface area contributed by atoms with Crippen molar-refractivity contribution in [2.45, 2.75) is 59.0 Å². The van der Waals surface area contributed by atoms with E-state index in [1.54, 1.807) is 0 Å². The van der Waals surface area contributed by atoms with Crippen LogP contribution in [-0.2, 0) is 24.2 Å². The normalized spacial score (nSPS) is 17.9. The van der Waals surface area contributed by atoms with Crippen molar-refractivity contribution in [2.24, 2.45) is 0 Å². The average Bonchev–Trinajstić information content (AvgIpc) is 2.90. The summed E-state index contributed by atoms with van der Waals surface area (Å²) < 4.78 is 7.24. The number of carbonyl (C=O) groups excluding carboxylic acids is 1. The monoisotopic (exact) mass is 303 g/mol. The molecule has 3 rings (SSSR count). The molecule has 3 heterocycles. The van der Waals surface area contributed by atoms with Gasteiger partial charge in [0.05, 0.1) is 12.1 Å². The van der Waals surface area contributed by atoms with Gasteiger partial charge in [0, 0.05) is 24.6 Å². The summed E-state index contributed by atoms with van der Waals surface area (Å²) in [7, 11) is 0. The first-order chi connectivity index (χ1) is 10.5. The maximum absolute atomic E-state index is 12.3. The zero-order valence-electron chi connectivity index (χ0n) is 13.2. The SMILES string of the molecule is Cc1noc(C)c1CC(=O)NC1CCc2nnc(C)n2CC1. The van der Waals surface area contributed by atoms with E-state index in [0.717, 1.165) is 54.5 Å². The Bertz CT molecular complexity index is 669. The van der Waals surface area contributed by atoms with Crippen molar-refractivity contribution in [3.8, 4) is 0 Å². The van der Waals surface area contributed by atoms with Crippen LogP contribution in [-0.4, -0.2) is 31.9 Å². The topological polar surface area (TPSA) is 85.8 Å². The summed E-state index contributed by atoms with van der Waals surface area (Å²) >= 11 is 0. The van der Waals surface area contributed by atoms with Crippen LogP contribution in [0.5, 0.6) is 0 Å². The maximum Gasteiger partial charge on any atom is 0.224 e. The highest BCUT2D eigenvalue weighted by atomic mass is 16.5. The van der Waals surface area contributed by atoms with E-state index in [4.69, 9.17) is 4.52 Å². The van der Waals surface area contributed by atoms with Gasteiger partial charge >= 0.3 is 0 Å². The van der Waals surface area contributed by atoms with Gasteiger partial charge in [-0.25, -0.2) is 0 Å². The maximum atomic E-state index is 12.3. The number of aromatic nitrogens is 4. The Morgan fingerprint density at radius 3 is 2.86 bits per heavy atom. The Hall–Kier alpha value is -2.18. The van der Waals surface area contributed by atoms with Crippen molar-refractivity contribution in [1.29, 1.82) is 0 Å². The van der Waals surface area contributed by atoms with Crippen LogP contribution in [0.3, 0.4) is 0 Å². The molecule has 1 atom stereocenters. The van der Waals surface area contributed by atoms with Gasteiger partial charge in [0.2, 0.25) is 5.91 Å². The first-order valence-electron chi connectivity index (χ1n) is 7.64. The molecular formula is C15H21N5O2. The lowest BCUT2D eigenvalue weighted by atomic mass is 10.1. The largest absolute Gasteiger partial charge is 0.361 e. The molecule has 0 saturated heterocycles. The van der Waals surface area contributed by atoms with Gasteiger partial charge in [-0.1, -0.05) is 5.16 Å². The lowest BCUT2D eigenvalue weighted by Crippen LogP contribution is -2.36. The second-order valence-electron chi connectivity index (χ2n) is 5.89. The summed E-state index contributed by atoms with van der Waals surface area (Å²) in [5, 5.41) is 15.3. The summed E-state index contributed by atoms with van der Waals surface area (Å²) in [5.74, 6) is 2.70. The summed E-state index contributed by atoms with van der Waals surface area (Å²) in [6.45, 7) is 6.51.